The normalized spacial score (nSPS) is 22.2. The molecule has 0 spiro atoms. The molecule has 3 rings (SSSR count). The van der Waals surface area contributed by atoms with Crippen LogP contribution in [0.1, 0.15) is 38.5 Å². The minimum Gasteiger partial charge on any atom is -0.355 e. The second kappa shape index (κ2) is 9.91. The number of hydrogen-bond acceptors (Lipinski definition) is 6. The van der Waals surface area contributed by atoms with Gasteiger partial charge in [0.15, 0.2) is 0 Å². The lowest BCUT2D eigenvalue weighted by atomic mass is 9.88. The Balaban J connectivity index is 1.43. The van der Waals surface area contributed by atoms with Gasteiger partial charge in [-0.3, -0.25) is 14.5 Å². The summed E-state index contributed by atoms with van der Waals surface area (Å²) in [5.74, 6) is 1.31. The predicted molar refractivity (Wildman–Crippen MR) is 99.7 cm³/mol. The highest BCUT2D eigenvalue weighted by Crippen LogP contribution is 2.25. The van der Waals surface area contributed by atoms with Gasteiger partial charge < -0.3 is 10.6 Å². The SMILES string of the molecule is O=C(C[C@H]1C(=O)NCCN1CC1CCCCC1)NCCSc1cn[nH]n1. The lowest BCUT2D eigenvalue weighted by molar-refractivity contribution is -0.134. The topological polar surface area (TPSA) is 103 Å². The number of aromatic amines is 1. The van der Waals surface area contributed by atoms with Crippen LogP contribution in [0.15, 0.2) is 11.2 Å². The molecule has 2 heterocycles. The Morgan fingerprint density at radius 3 is 2.96 bits per heavy atom. The molecule has 2 amide bonds. The van der Waals surface area contributed by atoms with E-state index in [9.17, 15) is 9.59 Å². The summed E-state index contributed by atoms with van der Waals surface area (Å²) >= 11 is 1.53. The van der Waals surface area contributed by atoms with E-state index in [1.165, 1.54) is 43.9 Å². The van der Waals surface area contributed by atoms with Gasteiger partial charge in [-0.2, -0.15) is 10.3 Å². The Bertz CT molecular complexity index is 576. The highest BCUT2D eigenvalue weighted by atomic mass is 32.2. The summed E-state index contributed by atoms with van der Waals surface area (Å²) in [4.78, 5) is 26.8. The van der Waals surface area contributed by atoms with Crippen LogP contribution in [-0.4, -0.2) is 70.1 Å². The zero-order chi connectivity index (χ0) is 18.2. The lowest BCUT2D eigenvalue weighted by Gasteiger charge is -2.37. The number of nitrogens with one attached hydrogen (secondary N) is 3. The Hall–Kier alpha value is -1.61. The standard InChI is InChI=1S/C17H28N6O2S/c24-15(18-7-9-26-16-11-20-22-21-16)10-14-17(25)19-6-8-23(14)12-13-4-2-1-3-5-13/h11,13-14H,1-10,12H2,(H,18,24)(H,19,25)(H,20,21,22)/t14-/m0/s1. The molecule has 1 atom stereocenters. The number of nitrogens with zero attached hydrogens (tertiary/aromatic N) is 3. The number of amides is 2. The van der Waals surface area contributed by atoms with Crippen molar-refractivity contribution in [1.82, 2.24) is 30.9 Å². The van der Waals surface area contributed by atoms with Crippen LogP contribution >= 0.6 is 11.8 Å². The lowest BCUT2D eigenvalue weighted by Crippen LogP contribution is -2.57. The van der Waals surface area contributed by atoms with Gasteiger partial charge in [0, 0.05) is 31.9 Å². The van der Waals surface area contributed by atoms with Crippen LogP contribution < -0.4 is 10.6 Å². The maximum atomic E-state index is 12.3. The smallest absolute Gasteiger partial charge is 0.237 e. The first kappa shape index (κ1) is 19.2. The van der Waals surface area contributed by atoms with Crippen molar-refractivity contribution in [2.75, 3.05) is 31.9 Å². The van der Waals surface area contributed by atoms with Crippen molar-refractivity contribution in [3.8, 4) is 0 Å². The minimum absolute atomic E-state index is 0.0146. The molecule has 1 saturated carbocycles. The third kappa shape index (κ3) is 5.70. The first-order valence-electron chi connectivity index (χ1n) is 9.49. The Kier molecular flexibility index (Phi) is 7.31. The molecule has 0 radical (unpaired) electrons. The molecule has 8 nitrogen and oxygen atoms in total. The average molecular weight is 381 g/mol. The van der Waals surface area contributed by atoms with Gasteiger partial charge in [-0.15, -0.1) is 16.9 Å². The van der Waals surface area contributed by atoms with Crippen molar-refractivity contribution in [2.24, 2.45) is 5.92 Å². The van der Waals surface area contributed by atoms with Crippen molar-refractivity contribution in [1.29, 1.82) is 0 Å². The van der Waals surface area contributed by atoms with Crippen LogP contribution in [0.25, 0.3) is 0 Å². The summed E-state index contributed by atoms with van der Waals surface area (Å²) in [6.45, 7) is 3.00. The second-order valence-electron chi connectivity index (χ2n) is 7.02. The summed E-state index contributed by atoms with van der Waals surface area (Å²) in [6, 6.07) is -0.339. The molecule has 1 aromatic heterocycles. The molecule has 2 fully saturated rings. The van der Waals surface area contributed by atoms with Crippen molar-refractivity contribution < 1.29 is 9.59 Å². The number of carbonyl (C=O) groups is 2. The summed E-state index contributed by atoms with van der Waals surface area (Å²) in [7, 11) is 0. The van der Waals surface area contributed by atoms with Gasteiger partial charge in [-0.05, 0) is 18.8 Å². The average Bonchev–Trinajstić information content (AvgIpc) is 3.16. The van der Waals surface area contributed by atoms with E-state index in [2.05, 4.69) is 30.9 Å². The summed E-state index contributed by atoms with van der Waals surface area (Å²) in [6.07, 6.45) is 8.29. The van der Waals surface area contributed by atoms with Gasteiger partial charge in [-0.1, -0.05) is 19.3 Å². The number of aromatic nitrogens is 3. The van der Waals surface area contributed by atoms with Crippen LogP contribution in [0.3, 0.4) is 0 Å². The number of carbonyl (C=O) groups excluding carboxylic acids is 2. The van der Waals surface area contributed by atoms with E-state index in [-0.39, 0.29) is 24.3 Å². The van der Waals surface area contributed by atoms with E-state index in [0.717, 1.165) is 23.9 Å². The highest BCUT2D eigenvalue weighted by molar-refractivity contribution is 7.99. The van der Waals surface area contributed by atoms with E-state index >= 15 is 0 Å². The number of hydrogen-bond donors (Lipinski definition) is 3. The molecule has 144 valence electrons. The van der Waals surface area contributed by atoms with Crippen molar-refractivity contribution >= 4 is 23.6 Å². The Morgan fingerprint density at radius 2 is 2.19 bits per heavy atom. The van der Waals surface area contributed by atoms with Gasteiger partial charge in [0.25, 0.3) is 0 Å². The van der Waals surface area contributed by atoms with Crippen molar-refractivity contribution in [3.63, 3.8) is 0 Å². The van der Waals surface area contributed by atoms with E-state index in [0.29, 0.717) is 19.0 Å². The molecular weight excluding hydrogens is 352 g/mol. The molecule has 26 heavy (non-hydrogen) atoms. The van der Waals surface area contributed by atoms with E-state index in [4.69, 9.17) is 0 Å². The zero-order valence-electron chi connectivity index (χ0n) is 15.1. The number of rotatable bonds is 8. The Labute approximate surface area is 158 Å². The fraction of sp³-hybridized carbons (Fsp3) is 0.765. The summed E-state index contributed by atoms with van der Waals surface area (Å²) in [5, 5.41) is 16.9. The predicted octanol–water partition coefficient (Wildman–Crippen LogP) is 0.784. The molecule has 9 heteroatoms. The number of thioether (sulfide) groups is 1. The molecule has 1 aliphatic heterocycles. The second-order valence-corrected chi connectivity index (χ2v) is 8.13. The van der Waals surface area contributed by atoms with Crippen LogP contribution in [0.4, 0.5) is 0 Å². The first-order valence-corrected chi connectivity index (χ1v) is 10.5. The third-order valence-electron chi connectivity index (χ3n) is 5.10. The van der Waals surface area contributed by atoms with Gasteiger partial charge >= 0.3 is 0 Å². The maximum absolute atomic E-state index is 12.3. The van der Waals surface area contributed by atoms with Crippen molar-refractivity contribution in [2.45, 2.75) is 49.6 Å². The fourth-order valence-corrected chi connectivity index (χ4v) is 4.40. The fourth-order valence-electron chi connectivity index (χ4n) is 3.76. The Morgan fingerprint density at radius 1 is 1.35 bits per heavy atom. The molecule has 1 aliphatic carbocycles. The van der Waals surface area contributed by atoms with E-state index in [1.54, 1.807) is 6.20 Å². The third-order valence-corrected chi connectivity index (χ3v) is 6.01. The van der Waals surface area contributed by atoms with Crippen LogP contribution in [0.2, 0.25) is 0 Å². The van der Waals surface area contributed by atoms with Gasteiger partial charge in [0.1, 0.15) is 5.03 Å². The first-order chi connectivity index (χ1) is 12.7. The summed E-state index contributed by atoms with van der Waals surface area (Å²) in [5.41, 5.74) is 0. The minimum atomic E-state index is -0.339. The molecule has 1 aromatic rings. The van der Waals surface area contributed by atoms with Gasteiger partial charge in [-0.25, -0.2) is 0 Å². The monoisotopic (exact) mass is 380 g/mol. The van der Waals surface area contributed by atoms with Crippen molar-refractivity contribution in [3.05, 3.63) is 6.20 Å². The molecule has 2 aliphatic rings. The molecule has 3 N–H and O–H groups in total. The van der Waals surface area contributed by atoms with E-state index < -0.39 is 0 Å². The van der Waals surface area contributed by atoms with Crippen LogP contribution in [0, 0.1) is 5.92 Å². The van der Waals surface area contributed by atoms with Crippen LogP contribution in [-0.2, 0) is 9.59 Å². The van der Waals surface area contributed by atoms with Gasteiger partial charge in [0.2, 0.25) is 11.8 Å². The molecule has 1 saturated heterocycles. The van der Waals surface area contributed by atoms with E-state index in [1.807, 2.05) is 0 Å². The van der Waals surface area contributed by atoms with Gasteiger partial charge in [0.05, 0.1) is 18.7 Å². The molecule has 0 unspecified atom stereocenters. The molecule has 0 bridgehead atoms. The summed E-state index contributed by atoms with van der Waals surface area (Å²) < 4.78 is 0. The number of piperazine rings is 1. The van der Waals surface area contributed by atoms with Crippen LogP contribution in [0.5, 0.6) is 0 Å². The highest BCUT2D eigenvalue weighted by Gasteiger charge is 2.33. The molecular formula is C17H28N6O2S. The zero-order valence-corrected chi connectivity index (χ0v) is 15.9. The largest absolute Gasteiger partial charge is 0.355 e. The maximum Gasteiger partial charge on any atom is 0.237 e. The number of H-pyrrole nitrogens is 1. The molecule has 0 aromatic carbocycles. The quantitative estimate of drug-likeness (QED) is 0.455.